The molecule has 0 saturated heterocycles. The maximum absolute atomic E-state index is 8.96. The second-order valence-corrected chi connectivity index (χ2v) is 6.74. The van der Waals surface area contributed by atoms with E-state index in [1.165, 1.54) is 0 Å². The molecule has 0 aliphatic rings. The second-order valence-electron chi connectivity index (χ2n) is 5.43. The number of allylic oxidation sites excluding steroid dienone is 4. The van der Waals surface area contributed by atoms with E-state index in [0.29, 0.717) is 5.56 Å². The molecule has 0 aliphatic carbocycles. The van der Waals surface area contributed by atoms with Crippen LogP contribution >= 0.6 is 11.8 Å². The largest absolute Gasteiger partial charge is 0.299 e. The summed E-state index contributed by atoms with van der Waals surface area (Å²) in [4.78, 5) is 6.67. The van der Waals surface area contributed by atoms with Crippen molar-refractivity contribution in [3.63, 3.8) is 0 Å². The molecule has 1 aromatic rings. The van der Waals surface area contributed by atoms with Gasteiger partial charge >= 0.3 is 0 Å². The van der Waals surface area contributed by atoms with Crippen LogP contribution in [0.2, 0.25) is 0 Å². The van der Waals surface area contributed by atoms with Gasteiger partial charge < -0.3 is 0 Å². The van der Waals surface area contributed by atoms with Gasteiger partial charge in [-0.2, -0.15) is 5.26 Å². The fourth-order valence-corrected chi connectivity index (χ4v) is 2.89. The number of benzene rings is 1. The third-order valence-electron chi connectivity index (χ3n) is 3.49. The van der Waals surface area contributed by atoms with Gasteiger partial charge in [0.25, 0.3) is 0 Å². The molecule has 0 radical (unpaired) electrons. The van der Waals surface area contributed by atoms with Crippen LogP contribution in [0.15, 0.2) is 57.3 Å². The molecular formula is C20H25N3S. The topological polar surface area (TPSA) is 48.2 Å². The zero-order chi connectivity index (χ0) is 18.1. The highest BCUT2D eigenvalue weighted by atomic mass is 32.2. The van der Waals surface area contributed by atoms with E-state index >= 15 is 0 Å². The third-order valence-corrected chi connectivity index (χ3v) is 4.59. The Hall–Kier alpha value is -2.09. The lowest BCUT2D eigenvalue weighted by Crippen LogP contribution is -2.18. The Labute approximate surface area is 149 Å². The molecule has 1 atom stereocenters. The molecule has 0 saturated carbocycles. The number of hydrogen-bond donors (Lipinski definition) is 1. The highest BCUT2D eigenvalue weighted by molar-refractivity contribution is 8.07. The van der Waals surface area contributed by atoms with E-state index in [-0.39, 0.29) is 6.17 Å². The summed E-state index contributed by atoms with van der Waals surface area (Å²) in [6.45, 7) is 12.1. The van der Waals surface area contributed by atoms with E-state index in [0.717, 1.165) is 26.5 Å². The Morgan fingerprint density at radius 3 is 2.42 bits per heavy atom. The Bertz CT molecular complexity index is 703. The van der Waals surface area contributed by atoms with Gasteiger partial charge in [-0.15, -0.1) is 0 Å². The van der Waals surface area contributed by atoms with Crippen molar-refractivity contribution >= 4 is 23.5 Å². The van der Waals surface area contributed by atoms with E-state index in [4.69, 9.17) is 5.26 Å². The fourth-order valence-electron chi connectivity index (χ4n) is 1.98. The van der Waals surface area contributed by atoms with Crippen LogP contribution < -0.4 is 5.32 Å². The molecule has 0 heterocycles. The zero-order valence-electron chi connectivity index (χ0n) is 15.1. The average molecular weight is 340 g/mol. The third kappa shape index (κ3) is 5.84. The Balaban J connectivity index is 3.33. The fraction of sp³-hybridized carbons (Fsp3) is 0.300. The summed E-state index contributed by atoms with van der Waals surface area (Å²) in [7, 11) is 1.89. The van der Waals surface area contributed by atoms with Crippen molar-refractivity contribution in [2.75, 3.05) is 7.05 Å². The first kappa shape index (κ1) is 20.0. The minimum absolute atomic E-state index is 0.0613. The average Bonchev–Trinajstić information content (AvgIpc) is 2.60. The predicted octanol–water partition coefficient (Wildman–Crippen LogP) is 5.14. The SMILES string of the molecule is C=C(C)SC(/C(/C=N\C(C)NC)=C/C)=C(\C)c1ccc(C#N)cc1. The van der Waals surface area contributed by atoms with Gasteiger partial charge in [-0.3, -0.25) is 10.3 Å². The van der Waals surface area contributed by atoms with Gasteiger partial charge in [0, 0.05) is 16.7 Å². The Kier molecular flexibility index (Phi) is 8.25. The zero-order valence-corrected chi connectivity index (χ0v) is 15.9. The number of nitrogens with one attached hydrogen (secondary N) is 1. The maximum atomic E-state index is 8.96. The van der Waals surface area contributed by atoms with E-state index in [9.17, 15) is 0 Å². The molecule has 24 heavy (non-hydrogen) atoms. The first-order valence-corrected chi connectivity index (χ1v) is 8.66. The van der Waals surface area contributed by atoms with Crippen LogP contribution in [0, 0.1) is 11.3 Å². The van der Waals surface area contributed by atoms with Gasteiger partial charge in [-0.1, -0.05) is 36.5 Å². The van der Waals surface area contributed by atoms with Crippen LogP contribution in [0.4, 0.5) is 0 Å². The number of aliphatic imine (C=N–C) groups is 1. The van der Waals surface area contributed by atoms with Crippen molar-refractivity contribution in [2.24, 2.45) is 4.99 Å². The number of nitrogens with zero attached hydrogens (tertiary/aromatic N) is 2. The molecule has 0 bridgehead atoms. The first-order valence-electron chi connectivity index (χ1n) is 7.84. The van der Waals surface area contributed by atoms with Crippen LogP contribution in [0.1, 0.15) is 38.8 Å². The van der Waals surface area contributed by atoms with Crippen LogP contribution in [-0.2, 0) is 0 Å². The maximum Gasteiger partial charge on any atom is 0.0991 e. The molecule has 1 aromatic carbocycles. The minimum Gasteiger partial charge on any atom is -0.299 e. The minimum atomic E-state index is 0.0613. The lowest BCUT2D eigenvalue weighted by atomic mass is 10.0. The van der Waals surface area contributed by atoms with Crippen LogP contribution in [0.25, 0.3) is 5.57 Å². The monoisotopic (exact) mass is 339 g/mol. The molecule has 4 heteroatoms. The molecule has 126 valence electrons. The van der Waals surface area contributed by atoms with Crippen molar-refractivity contribution in [3.05, 3.63) is 63.4 Å². The van der Waals surface area contributed by atoms with Gasteiger partial charge in [-0.25, -0.2) is 0 Å². The highest BCUT2D eigenvalue weighted by Gasteiger charge is 2.11. The van der Waals surface area contributed by atoms with Gasteiger partial charge in [0.05, 0.1) is 17.8 Å². The second kappa shape index (κ2) is 9.92. The summed E-state index contributed by atoms with van der Waals surface area (Å²) < 4.78 is 0. The summed E-state index contributed by atoms with van der Waals surface area (Å²) in [6.07, 6.45) is 4.02. The number of nitriles is 1. The Morgan fingerprint density at radius 2 is 1.96 bits per heavy atom. The van der Waals surface area contributed by atoms with E-state index in [1.807, 2.05) is 58.3 Å². The molecule has 1 N–H and O–H groups in total. The number of hydrogen-bond acceptors (Lipinski definition) is 4. The quantitative estimate of drug-likeness (QED) is 0.553. The van der Waals surface area contributed by atoms with E-state index in [2.05, 4.69) is 36.0 Å². The van der Waals surface area contributed by atoms with Crippen LogP contribution in [0.3, 0.4) is 0 Å². The summed E-state index contributed by atoms with van der Waals surface area (Å²) in [5.41, 5.74) is 3.96. The van der Waals surface area contributed by atoms with Crippen molar-refractivity contribution in [2.45, 2.75) is 33.9 Å². The number of thioether (sulfide) groups is 1. The van der Waals surface area contributed by atoms with Crippen molar-refractivity contribution in [1.29, 1.82) is 5.26 Å². The van der Waals surface area contributed by atoms with Gasteiger partial charge in [0.15, 0.2) is 0 Å². The summed E-state index contributed by atoms with van der Waals surface area (Å²) >= 11 is 1.64. The van der Waals surface area contributed by atoms with Crippen molar-refractivity contribution < 1.29 is 0 Å². The van der Waals surface area contributed by atoms with Gasteiger partial charge in [-0.05, 0) is 62.9 Å². The van der Waals surface area contributed by atoms with Crippen molar-refractivity contribution in [3.8, 4) is 6.07 Å². The predicted molar refractivity (Wildman–Crippen MR) is 107 cm³/mol. The normalized spacial score (nSPS) is 14.2. The molecule has 0 amide bonds. The van der Waals surface area contributed by atoms with E-state index < -0.39 is 0 Å². The van der Waals surface area contributed by atoms with Gasteiger partial charge in [0.2, 0.25) is 0 Å². The molecule has 1 rings (SSSR count). The van der Waals surface area contributed by atoms with Crippen molar-refractivity contribution in [1.82, 2.24) is 5.32 Å². The molecule has 3 nitrogen and oxygen atoms in total. The molecule has 0 aliphatic heterocycles. The lowest BCUT2D eigenvalue weighted by Gasteiger charge is -2.14. The van der Waals surface area contributed by atoms with Gasteiger partial charge in [0.1, 0.15) is 0 Å². The summed E-state index contributed by atoms with van der Waals surface area (Å²) in [5.74, 6) is 0. The molecule has 0 aromatic heterocycles. The smallest absolute Gasteiger partial charge is 0.0991 e. The summed E-state index contributed by atoms with van der Waals surface area (Å²) in [6, 6.07) is 9.80. The van der Waals surface area contributed by atoms with E-state index in [1.54, 1.807) is 11.8 Å². The molecule has 1 unspecified atom stereocenters. The molecule has 0 fully saturated rings. The lowest BCUT2D eigenvalue weighted by molar-refractivity contribution is 0.644. The first-order chi connectivity index (χ1) is 11.4. The Morgan fingerprint density at radius 1 is 1.33 bits per heavy atom. The van der Waals surface area contributed by atoms with Crippen LogP contribution in [0.5, 0.6) is 0 Å². The highest BCUT2D eigenvalue weighted by Crippen LogP contribution is 2.35. The number of rotatable bonds is 7. The molecule has 0 spiro atoms. The standard InChI is InChI=1S/C20H25N3S/c1-7-18(13-23-16(5)22-6)20(24-14(2)3)15(4)19-10-8-17(12-21)9-11-19/h7-11,13,16,22H,2H2,1,3-6H3/b18-7+,20-15+,23-13-. The molecular weight excluding hydrogens is 314 g/mol. The van der Waals surface area contributed by atoms with Crippen LogP contribution in [-0.4, -0.2) is 19.4 Å². The summed E-state index contributed by atoms with van der Waals surface area (Å²) in [5, 5.41) is 12.1.